The average molecular weight is 216 g/mol. The molecule has 0 saturated carbocycles. The van der Waals surface area contributed by atoms with Crippen molar-refractivity contribution in [2.45, 2.75) is 39.2 Å². The van der Waals surface area contributed by atoms with Gasteiger partial charge >= 0.3 is 0 Å². The molecule has 0 aromatic carbocycles. The van der Waals surface area contributed by atoms with Crippen molar-refractivity contribution >= 4 is 12.4 Å². The van der Waals surface area contributed by atoms with Crippen LogP contribution in [0.25, 0.3) is 6.20 Å². The molecule has 0 saturated heterocycles. The molecule has 0 aliphatic carbocycles. The zero-order valence-corrected chi connectivity index (χ0v) is 10.1. The molecule has 1 aliphatic rings. The molecule has 0 bridgehead atoms. The average Bonchev–Trinajstić information content (AvgIpc) is 2.33. The highest BCUT2D eigenvalue weighted by atomic mass is 15.1. The van der Waals surface area contributed by atoms with Crippen LogP contribution in [-0.4, -0.2) is 22.0 Å². The fourth-order valence-corrected chi connectivity index (χ4v) is 1.48. The van der Waals surface area contributed by atoms with E-state index < -0.39 is 0 Å². The van der Waals surface area contributed by atoms with Crippen molar-refractivity contribution in [1.29, 1.82) is 0 Å². The molecule has 1 aromatic heterocycles. The first-order valence-corrected chi connectivity index (χ1v) is 5.46. The van der Waals surface area contributed by atoms with E-state index in [1.165, 1.54) is 0 Å². The minimum absolute atomic E-state index is 0.310. The number of hydrogen-bond acceptors (Lipinski definition) is 4. The predicted molar refractivity (Wildman–Crippen MR) is 63.9 cm³/mol. The molecule has 0 amide bonds. The van der Waals surface area contributed by atoms with Crippen LogP contribution in [0.5, 0.6) is 0 Å². The third-order valence-electron chi connectivity index (χ3n) is 2.41. The van der Waals surface area contributed by atoms with Crippen LogP contribution >= 0.6 is 0 Å². The fraction of sp³-hybridized carbons (Fsp3) is 0.500. The molecular weight excluding hydrogens is 200 g/mol. The summed E-state index contributed by atoms with van der Waals surface area (Å²) in [6, 6.07) is 2.01. The van der Waals surface area contributed by atoms with Gasteiger partial charge in [0.25, 0.3) is 0 Å². The Hall–Kier alpha value is -1.58. The third-order valence-corrected chi connectivity index (χ3v) is 2.41. The molecular formula is C12H16N4. The first-order valence-electron chi connectivity index (χ1n) is 5.46. The second-order valence-electron chi connectivity index (χ2n) is 4.88. The van der Waals surface area contributed by atoms with E-state index in [9.17, 15) is 0 Å². The first-order chi connectivity index (χ1) is 7.48. The third kappa shape index (κ3) is 2.15. The lowest BCUT2D eigenvalue weighted by atomic mass is 10.1. The Morgan fingerprint density at radius 3 is 2.62 bits per heavy atom. The molecule has 1 aliphatic heterocycles. The summed E-state index contributed by atoms with van der Waals surface area (Å²) < 4.78 is 0. The summed E-state index contributed by atoms with van der Waals surface area (Å²) in [5.74, 6) is 0.367. The maximum absolute atomic E-state index is 4.52. The van der Waals surface area contributed by atoms with Gasteiger partial charge in [-0.2, -0.15) is 5.10 Å². The molecule has 2 rings (SSSR count). The Balaban J connectivity index is 2.66. The number of nitrogens with zero attached hydrogens (tertiary/aromatic N) is 4. The van der Waals surface area contributed by atoms with Crippen LogP contribution in [0.4, 0.5) is 0 Å². The van der Waals surface area contributed by atoms with Crippen molar-refractivity contribution < 1.29 is 0 Å². The fourth-order valence-electron chi connectivity index (χ4n) is 1.48. The highest BCUT2D eigenvalue weighted by Gasteiger charge is 2.14. The molecule has 0 atom stereocenters. The van der Waals surface area contributed by atoms with Gasteiger partial charge in [0, 0.05) is 17.6 Å². The maximum Gasteiger partial charge on any atom is 0.179 e. The van der Waals surface area contributed by atoms with Gasteiger partial charge in [-0.05, 0) is 25.8 Å². The zero-order chi connectivity index (χ0) is 11.8. The molecule has 4 nitrogen and oxygen atoms in total. The van der Waals surface area contributed by atoms with Gasteiger partial charge in [0.1, 0.15) is 0 Å². The van der Waals surface area contributed by atoms with E-state index in [-0.39, 0.29) is 5.54 Å². The highest BCUT2D eigenvalue weighted by Crippen LogP contribution is 2.07. The molecule has 0 fully saturated rings. The molecule has 1 aromatic rings. The Bertz CT molecular complexity index is 541. The predicted octanol–water partition coefficient (Wildman–Crippen LogP) is 0.821. The summed E-state index contributed by atoms with van der Waals surface area (Å²) in [7, 11) is 0. The van der Waals surface area contributed by atoms with Gasteiger partial charge in [-0.25, -0.2) is 0 Å². The lowest BCUT2D eigenvalue weighted by Crippen LogP contribution is -2.34. The second kappa shape index (κ2) is 3.77. The minimum Gasteiger partial charge on any atom is -0.266 e. The van der Waals surface area contributed by atoms with Crippen LogP contribution in [0.2, 0.25) is 0 Å². The van der Waals surface area contributed by atoms with Crippen LogP contribution in [0.15, 0.2) is 16.1 Å². The maximum atomic E-state index is 4.52. The summed E-state index contributed by atoms with van der Waals surface area (Å²) in [4.78, 5) is 8.77. The molecule has 0 N–H and O–H groups in total. The Morgan fingerprint density at radius 2 is 1.94 bits per heavy atom. The van der Waals surface area contributed by atoms with Crippen LogP contribution in [0.1, 0.15) is 39.3 Å². The zero-order valence-electron chi connectivity index (χ0n) is 10.1. The van der Waals surface area contributed by atoms with Gasteiger partial charge in [-0.3, -0.25) is 9.98 Å². The van der Waals surface area contributed by atoms with E-state index in [0.717, 1.165) is 10.9 Å². The quantitative estimate of drug-likeness (QED) is 0.698. The van der Waals surface area contributed by atoms with Gasteiger partial charge in [0.05, 0.1) is 11.2 Å². The van der Waals surface area contributed by atoms with Crippen LogP contribution < -0.4 is 10.7 Å². The molecule has 4 heteroatoms. The van der Waals surface area contributed by atoms with Crippen molar-refractivity contribution in [1.82, 2.24) is 10.2 Å². The second-order valence-corrected chi connectivity index (χ2v) is 4.88. The van der Waals surface area contributed by atoms with E-state index in [1.807, 2.05) is 26.1 Å². The number of rotatable bonds is 1. The lowest BCUT2D eigenvalue weighted by molar-refractivity contribution is 0.671. The largest absolute Gasteiger partial charge is 0.266 e. The van der Waals surface area contributed by atoms with E-state index in [1.54, 1.807) is 6.20 Å². The van der Waals surface area contributed by atoms with Gasteiger partial charge < -0.3 is 0 Å². The van der Waals surface area contributed by atoms with Crippen molar-refractivity contribution in [3.63, 3.8) is 0 Å². The topological polar surface area (TPSA) is 50.5 Å². The SMILES string of the molecule is CC(C)c1cc2c(nn1)=NC(C)(C)C=NC=2. The van der Waals surface area contributed by atoms with E-state index in [2.05, 4.69) is 34.0 Å². The first kappa shape index (κ1) is 10.9. The van der Waals surface area contributed by atoms with Gasteiger partial charge in [-0.1, -0.05) is 13.8 Å². The Labute approximate surface area is 94.9 Å². The van der Waals surface area contributed by atoms with Crippen LogP contribution in [-0.2, 0) is 0 Å². The van der Waals surface area contributed by atoms with Crippen LogP contribution in [0.3, 0.4) is 0 Å². The van der Waals surface area contributed by atoms with Gasteiger partial charge in [0.15, 0.2) is 5.49 Å². The van der Waals surface area contributed by atoms with Crippen molar-refractivity contribution in [3.8, 4) is 0 Å². The Kier molecular flexibility index (Phi) is 2.58. The Morgan fingerprint density at radius 1 is 1.19 bits per heavy atom. The smallest absolute Gasteiger partial charge is 0.179 e. The summed E-state index contributed by atoms with van der Waals surface area (Å²) in [5, 5.41) is 9.29. The molecule has 84 valence electrons. The standard InChI is InChI=1S/C12H16N4/c1-8(2)10-5-9-6-13-7-12(3,4)14-11(9)16-15-10/h5-8H,1-4H3. The number of fused-ring (bicyclic) bond motifs is 1. The number of aliphatic imine (C=N–C) groups is 1. The number of aromatic nitrogens is 2. The minimum atomic E-state index is -0.310. The molecule has 16 heavy (non-hydrogen) atoms. The van der Waals surface area contributed by atoms with E-state index in [4.69, 9.17) is 0 Å². The normalized spacial score (nSPS) is 17.3. The van der Waals surface area contributed by atoms with Gasteiger partial charge in [0.2, 0.25) is 0 Å². The summed E-state index contributed by atoms with van der Waals surface area (Å²) >= 11 is 0. The molecule has 0 spiro atoms. The lowest BCUT2D eigenvalue weighted by Gasteiger charge is -2.10. The van der Waals surface area contributed by atoms with Gasteiger partial charge in [-0.15, -0.1) is 5.10 Å². The number of hydrogen-bond donors (Lipinski definition) is 0. The van der Waals surface area contributed by atoms with Crippen molar-refractivity contribution in [3.05, 3.63) is 22.5 Å². The molecule has 2 heterocycles. The molecule has 0 radical (unpaired) electrons. The van der Waals surface area contributed by atoms with E-state index in [0.29, 0.717) is 11.4 Å². The van der Waals surface area contributed by atoms with Crippen molar-refractivity contribution in [2.24, 2.45) is 9.98 Å². The summed E-state index contributed by atoms with van der Waals surface area (Å²) in [6.45, 7) is 8.18. The van der Waals surface area contributed by atoms with E-state index >= 15 is 0 Å². The van der Waals surface area contributed by atoms with Crippen LogP contribution in [0, 0.1) is 0 Å². The summed E-state index contributed by atoms with van der Waals surface area (Å²) in [5.41, 5.74) is 1.34. The molecule has 0 unspecified atom stereocenters. The monoisotopic (exact) mass is 216 g/mol. The van der Waals surface area contributed by atoms with Crippen molar-refractivity contribution in [2.75, 3.05) is 0 Å². The summed E-state index contributed by atoms with van der Waals surface area (Å²) in [6.07, 6.45) is 3.62. The highest BCUT2D eigenvalue weighted by molar-refractivity contribution is 5.72.